The molecule has 0 amide bonds. The number of nitrogens with zero attached hydrogens (tertiary/aromatic N) is 1. The van der Waals surface area contributed by atoms with E-state index < -0.39 is 0 Å². The van der Waals surface area contributed by atoms with Crippen molar-refractivity contribution < 1.29 is 23.7 Å². The number of methoxy groups -OCH3 is 2. The van der Waals surface area contributed by atoms with Gasteiger partial charge in [-0.2, -0.15) is 0 Å². The van der Waals surface area contributed by atoms with E-state index in [4.69, 9.17) is 23.7 Å². The first-order valence-electron chi connectivity index (χ1n) is 9.84. The molecule has 0 atom stereocenters. The Bertz CT molecular complexity index is 589. The van der Waals surface area contributed by atoms with Crippen molar-refractivity contribution in [1.82, 2.24) is 5.32 Å². The molecule has 0 spiro atoms. The number of hydrogen-bond donors (Lipinski definition) is 2. The molecule has 1 aromatic rings. The van der Waals surface area contributed by atoms with Crippen molar-refractivity contribution in [2.45, 2.75) is 19.3 Å². The van der Waals surface area contributed by atoms with E-state index in [1.807, 2.05) is 18.2 Å². The van der Waals surface area contributed by atoms with E-state index in [0.29, 0.717) is 46.2 Å². The maximum Gasteiger partial charge on any atom is 0.195 e. The lowest BCUT2D eigenvalue weighted by molar-refractivity contribution is 0.0699. The number of anilines is 1. The fraction of sp³-hybridized carbons (Fsp3) is 0.650. The predicted octanol–water partition coefficient (Wildman–Crippen LogP) is 2.91. The minimum Gasteiger partial charge on any atom is -0.490 e. The molecule has 0 saturated carbocycles. The lowest BCUT2D eigenvalue weighted by Crippen LogP contribution is -2.32. The van der Waals surface area contributed by atoms with Crippen LogP contribution in [0.2, 0.25) is 0 Å². The Hall–Kier alpha value is -1.30. The zero-order chi connectivity index (χ0) is 19.9. The van der Waals surface area contributed by atoms with Crippen LogP contribution in [0.5, 0.6) is 11.5 Å². The second-order valence-electron chi connectivity index (χ2n) is 6.30. The third kappa shape index (κ3) is 10.9. The van der Waals surface area contributed by atoms with Gasteiger partial charge in [0, 0.05) is 58.7 Å². The summed E-state index contributed by atoms with van der Waals surface area (Å²) in [5.41, 5.74) is 0.901. The Morgan fingerprint density at radius 2 is 1.79 bits per heavy atom. The number of guanidine groups is 1. The second-order valence-corrected chi connectivity index (χ2v) is 6.30. The molecule has 29 heavy (non-hydrogen) atoms. The van der Waals surface area contributed by atoms with E-state index in [2.05, 4.69) is 15.6 Å². The highest BCUT2D eigenvalue weighted by Crippen LogP contribution is 2.32. The fourth-order valence-electron chi connectivity index (χ4n) is 2.54. The zero-order valence-electron chi connectivity index (χ0n) is 17.4. The highest BCUT2D eigenvalue weighted by molar-refractivity contribution is 14.0. The minimum atomic E-state index is 0. The first-order valence-corrected chi connectivity index (χ1v) is 9.84. The molecular formula is C20H34IN3O5. The standard InChI is InChI=1S/C20H33N3O5.HI/c1-24-10-3-8-21-20(22-9-4-11-26-15-14-25-2)23-17-6-7-18-19(16-17)28-13-5-12-27-18;/h6-7,16H,3-5,8-15H2,1-2H3,(H2,21,22,23);1H. The Labute approximate surface area is 190 Å². The van der Waals surface area contributed by atoms with E-state index in [0.717, 1.165) is 49.0 Å². The summed E-state index contributed by atoms with van der Waals surface area (Å²) in [7, 11) is 3.37. The highest BCUT2D eigenvalue weighted by atomic mass is 127. The molecule has 0 bridgehead atoms. The third-order valence-electron chi connectivity index (χ3n) is 3.98. The molecule has 0 saturated heterocycles. The molecule has 1 aromatic carbocycles. The number of fused-ring (bicyclic) bond motifs is 1. The molecule has 1 aliphatic rings. The van der Waals surface area contributed by atoms with Crippen LogP contribution in [0.1, 0.15) is 19.3 Å². The normalized spacial score (nSPS) is 13.4. The van der Waals surface area contributed by atoms with Gasteiger partial charge in [-0.3, -0.25) is 4.99 Å². The van der Waals surface area contributed by atoms with Crippen molar-refractivity contribution in [1.29, 1.82) is 0 Å². The van der Waals surface area contributed by atoms with E-state index >= 15 is 0 Å². The summed E-state index contributed by atoms with van der Waals surface area (Å²) in [5.74, 6) is 2.26. The van der Waals surface area contributed by atoms with Gasteiger partial charge in [0.1, 0.15) is 0 Å². The molecular weight excluding hydrogens is 489 g/mol. The Morgan fingerprint density at radius 3 is 2.59 bits per heavy atom. The fourth-order valence-corrected chi connectivity index (χ4v) is 2.54. The lowest BCUT2D eigenvalue weighted by Gasteiger charge is -2.15. The smallest absolute Gasteiger partial charge is 0.195 e. The van der Waals surface area contributed by atoms with Gasteiger partial charge in [-0.25, -0.2) is 0 Å². The summed E-state index contributed by atoms with van der Waals surface area (Å²) in [6.07, 6.45) is 2.63. The Kier molecular flexibility index (Phi) is 14.6. The van der Waals surface area contributed by atoms with Gasteiger partial charge in [0.25, 0.3) is 0 Å². The largest absolute Gasteiger partial charge is 0.490 e. The number of nitrogens with one attached hydrogen (secondary N) is 2. The SMILES string of the molecule is COCCCN=C(NCCCOCCOC)Nc1ccc2c(c1)OCCCO2.I. The molecule has 1 aliphatic heterocycles. The number of rotatable bonds is 12. The van der Waals surface area contributed by atoms with Gasteiger partial charge >= 0.3 is 0 Å². The zero-order valence-corrected chi connectivity index (χ0v) is 19.7. The second kappa shape index (κ2) is 16.5. The summed E-state index contributed by atoms with van der Waals surface area (Å²) >= 11 is 0. The molecule has 9 heteroatoms. The van der Waals surface area contributed by atoms with Crippen LogP contribution in [0.4, 0.5) is 5.69 Å². The maximum absolute atomic E-state index is 5.76. The number of aliphatic imine (C=N–C) groups is 1. The molecule has 0 radical (unpaired) electrons. The van der Waals surface area contributed by atoms with Gasteiger partial charge in [-0.15, -0.1) is 24.0 Å². The van der Waals surface area contributed by atoms with Crippen LogP contribution >= 0.6 is 24.0 Å². The first kappa shape index (κ1) is 25.7. The highest BCUT2D eigenvalue weighted by Gasteiger charge is 2.11. The molecule has 0 aliphatic carbocycles. The quantitative estimate of drug-likeness (QED) is 0.189. The van der Waals surface area contributed by atoms with E-state index in [-0.39, 0.29) is 24.0 Å². The van der Waals surface area contributed by atoms with Crippen molar-refractivity contribution >= 4 is 35.6 Å². The minimum absolute atomic E-state index is 0. The van der Waals surface area contributed by atoms with Crippen molar-refractivity contribution in [2.75, 3.05) is 72.3 Å². The monoisotopic (exact) mass is 523 g/mol. The molecule has 0 aromatic heterocycles. The average molecular weight is 523 g/mol. The van der Waals surface area contributed by atoms with Crippen molar-refractivity contribution in [3.63, 3.8) is 0 Å². The summed E-state index contributed by atoms with van der Waals surface area (Å²) in [6.45, 7) is 5.38. The van der Waals surface area contributed by atoms with E-state index in [1.54, 1.807) is 14.2 Å². The number of halogens is 1. The molecule has 0 unspecified atom stereocenters. The maximum atomic E-state index is 5.76. The van der Waals surface area contributed by atoms with E-state index in [1.165, 1.54) is 0 Å². The summed E-state index contributed by atoms with van der Waals surface area (Å²) in [5, 5.41) is 6.68. The van der Waals surface area contributed by atoms with Crippen molar-refractivity contribution in [3.8, 4) is 11.5 Å². The average Bonchev–Trinajstić information content (AvgIpc) is 2.95. The van der Waals surface area contributed by atoms with Crippen LogP contribution in [-0.2, 0) is 14.2 Å². The van der Waals surface area contributed by atoms with Crippen LogP contribution in [0, 0.1) is 0 Å². The van der Waals surface area contributed by atoms with Crippen LogP contribution in [0.25, 0.3) is 0 Å². The topological polar surface area (TPSA) is 82.6 Å². The van der Waals surface area contributed by atoms with E-state index in [9.17, 15) is 0 Å². The van der Waals surface area contributed by atoms with Gasteiger partial charge in [-0.05, 0) is 25.0 Å². The molecule has 2 rings (SSSR count). The van der Waals surface area contributed by atoms with Crippen LogP contribution in [0.15, 0.2) is 23.2 Å². The first-order chi connectivity index (χ1) is 13.8. The van der Waals surface area contributed by atoms with Gasteiger partial charge in [0.15, 0.2) is 17.5 Å². The molecule has 8 nitrogen and oxygen atoms in total. The number of benzene rings is 1. The van der Waals surface area contributed by atoms with Crippen LogP contribution in [-0.4, -0.2) is 72.9 Å². The molecule has 0 fully saturated rings. The molecule has 2 N–H and O–H groups in total. The predicted molar refractivity (Wildman–Crippen MR) is 125 cm³/mol. The third-order valence-corrected chi connectivity index (χ3v) is 3.98. The molecule has 1 heterocycles. The van der Waals surface area contributed by atoms with Gasteiger partial charge in [-0.1, -0.05) is 0 Å². The van der Waals surface area contributed by atoms with Crippen molar-refractivity contribution in [2.24, 2.45) is 4.99 Å². The summed E-state index contributed by atoms with van der Waals surface area (Å²) in [4.78, 5) is 4.62. The Balaban J connectivity index is 0.00000420. The number of ether oxygens (including phenoxy) is 5. The van der Waals surface area contributed by atoms with Gasteiger partial charge < -0.3 is 34.3 Å². The summed E-state index contributed by atoms with van der Waals surface area (Å²) < 4.78 is 27.0. The number of hydrogen-bond acceptors (Lipinski definition) is 6. The Morgan fingerprint density at radius 1 is 1.00 bits per heavy atom. The van der Waals surface area contributed by atoms with Gasteiger partial charge in [0.05, 0.1) is 26.4 Å². The van der Waals surface area contributed by atoms with Crippen LogP contribution in [0.3, 0.4) is 0 Å². The van der Waals surface area contributed by atoms with Crippen LogP contribution < -0.4 is 20.1 Å². The summed E-state index contributed by atoms with van der Waals surface area (Å²) in [6, 6.07) is 5.84. The lowest BCUT2D eigenvalue weighted by atomic mass is 10.2. The van der Waals surface area contributed by atoms with Crippen molar-refractivity contribution in [3.05, 3.63) is 18.2 Å². The van der Waals surface area contributed by atoms with Gasteiger partial charge in [0.2, 0.25) is 0 Å². The molecule has 166 valence electrons.